The largest absolute Gasteiger partial charge is 0.507 e. The molecule has 2 aromatic rings. The Labute approximate surface area is 281 Å². The predicted molar refractivity (Wildman–Crippen MR) is 170 cm³/mol. The molecule has 0 atom stereocenters. The predicted octanol–water partition coefficient (Wildman–Crippen LogP) is 1.88. The quantitative estimate of drug-likeness (QED) is 0.0861. The first-order valence-corrected chi connectivity index (χ1v) is 14.6. The van der Waals surface area contributed by atoms with Gasteiger partial charge < -0.3 is 39.8 Å². The number of ketones is 1. The van der Waals surface area contributed by atoms with Crippen molar-refractivity contribution in [3.8, 4) is 33.9 Å². The molecule has 0 spiro atoms. The Bertz CT molecular complexity index is 2020. The standard InChI is InChI=1S/C33H30N2O15/c1-16(36)15-49-32-21(10-35(13-28(43)44)14-29(45)46)23(38)8-25-31(32)30(18-4-2-3-5-19(18)33(47)48)20-6-17(22(37)7-24(20)50-25)9-34(11-26(39)40)12-27(41)42/h2-8,37H,9-15H2,1H3,(H,39,40)(H,41,42)(H,43,44)(H,45,46)(H,47,48). The SMILES string of the molecule is CC(=O)COc1c2c(-c3ccccc3C(=O)O)c3cc(CN(CC(=O)O)CC(=O)O)c(O)cc3oc-2cc(=O)c1CN(CC(=O)O)CC(=O)O. The zero-order valence-corrected chi connectivity index (χ0v) is 26.2. The van der Waals surface area contributed by atoms with E-state index in [-0.39, 0.29) is 55.9 Å². The number of carboxylic acids is 5. The number of rotatable bonds is 17. The van der Waals surface area contributed by atoms with Gasteiger partial charge in [0, 0.05) is 41.7 Å². The Morgan fingerprint density at radius 2 is 1.32 bits per heavy atom. The number of aliphatic carboxylic acids is 4. The molecule has 17 nitrogen and oxygen atoms in total. The lowest BCUT2D eigenvalue weighted by Crippen LogP contribution is -2.35. The maximum absolute atomic E-state index is 13.6. The molecule has 2 aliphatic rings. The topological polar surface area (TPSA) is 270 Å². The van der Waals surface area contributed by atoms with Gasteiger partial charge in [0.25, 0.3) is 0 Å². The Morgan fingerprint density at radius 1 is 0.760 bits per heavy atom. The molecule has 2 aromatic carbocycles. The highest BCUT2D eigenvalue weighted by Gasteiger charge is 2.30. The lowest BCUT2D eigenvalue weighted by molar-refractivity contribution is -0.144. The third-order valence-electron chi connectivity index (χ3n) is 7.28. The van der Waals surface area contributed by atoms with Gasteiger partial charge in [-0.2, -0.15) is 0 Å². The first kappa shape index (κ1) is 36.5. The number of benzene rings is 3. The lowest BCUT2D eigenvalue weighted by Gasteiger charge is -2.25. The molecular formula is C33H30N2O15. The van der Waals surface area contributed by atoms with Crippen molar-refractivity contribution in [2.75, 3.05) is 32.8 Å². The van der Waals surface area contributed by atoms with Gasteiger partial charge in [-0.05, 0) is 24.6 Å². The van der Waals surface area contributed by atoms with Crippen molar-refractivity contribution < 1.29 is 68.6 Å². The number of nitrogens with zero attached hydrogens (tertiary/aromatic N) is 2. The van der Waals surface area contributed by atoms with Crippen molar-refractivity contribution >= 4 is 46.6 Å². The highest BCUT2D eigenvalue weighted by Crippen LogP contribution is 2.48. The molecule has 0 saturated carbocycles. The second-order valence-electron chi connectivity index (χ2n) is 11.2. The molecule has 0 fully saturated rings. The van der Waals surface area contributed by atoms with Crippen molar-refractivity contribution in [3.05, 3.63) is 69.4 Å². The van der Waals surface area contributed by atoms with E-state index in [0.717, 1.165) is 21.9 Å². The van der Waals surface area contributed by atoms with Crippen LogP contribution in [0.4, 0.5) is 0 Å². The van der Waals surface area contributed by atoms with Crippen LogP contribution >= 0.6 is 0 Å². The molecule has 262 valence electrons. The molecular weight excluding hydrogens is 664 g/mol. The van der Waals surface area contributed by atoms with Crippen LogP contribution in [-0.4, -0.2) is 109 Å². The zero-order valence-electron chi connectivity index (χ0n) is 26.2. The lowest BCUT2D eigenvalue weighted by atomic mass is 9.88. The van der Waals surface area contributed by atoms with E-state index in [1.165, 1.54) is 37.3 Å². The van der Waals surface area contributed by atoms with E-state index < -0.39 is 92.7 Å². The van der Waals surface area contributed by atoms with Crippen molar-refractivity contribution in [1.29, 1.82) is 0 Å². The van der Waals surface area contributed by atoms with E-state index in [1.54, 1.807) is 0 Å². The second-order valence-corrected chi connectivity index (χ2v) is 11.2. The van der Waals surface area contributed by atoms with Gasteiger partial charge in [0.15, 0.2) is 11.2 Å². The molecule has 0 aromatic heterocycles. The molecule has 0 radical (unpaired) electrons. The number of phenolic OH excluding ortho intramolecular Hbond substituents is 1. The molecule has 6 N–H and O–H groups in total. The number of carboxylic acid groups (broad SMARTS) is 5. The van der Waals surface area contributed by atoms with Crippen LogP contribution in [0.5, 0.6) is 11.5 Å². The summed E-state index contributed by atoms with van der Waals surface area (Å²) in [5.74, 6) is -8.41. The number of aromatic carboxylic acids is 1. The summed E-state index contributed by atoms with van der Waals surface area (Å²) in [6.45, 7) is -3.50. The Hall–Kier alpha value is -6.33. The monoisotopic (exact) mass is 694 g/mol. The van der Waals surface area contributed by atoms with Gasteiger partial charge >= 0.3 is 29.8 Å². The fourth-order valence-electron chi connectivity index (χ4n) is 5.46. The van der Waals surface area contributed by atoms with Crippen LogP contribution in [0.3, 0.4) is 0 Å². The molecule has 17 heteroatoms. The minimum atomic E-state index is -1.41. The molecule has 1 aliphatic carbocycles. The summed E-state index contributed by atoms with van der Waals surface area (Å²) in [4.78, 5) is 86.2. The van der Waals surface area contributed by atoms with Gasteiger partial charge in [0.1, 0.15) is 29.4 Å². The summed E-state index contributed by atoms with van der Waals surface area (Å²) in [5, 5.41) is 58.7. The van der Waals surface area contributed by atoms with Gasteiger partial charge in [-0.15, -0.1) is 0 Å². The van der Waals surface area contributed by atoms with Crippen molar-refractivity contribution in [1.82, 2.24) is 9.80 Å². The maximum atomic E-state index is 13.6. The third kappa shape index (κ3) is 8.57. The Balaban J connectivity index is 2.17. The number of phenols is 1. The van der Waals surface area contributed by atoms with Crippen LogP contribution in [0, 0.1) is 0 Å². The molecule has 0 saturated heterocycles. The summed E-state index contributed by atoms with van der Waals surface area (Å²) in [6.07, 6.45) is 0. The fraction of sp³-hybridized carbons (Fsp3) is 0.242. The van der Waals surface area contributed by atoms with E-state index in [1.807, 2.05) is 0 Å². The fourth-order valence-corrected chi connectivity index (χ4v) is 5.46. The number of carbonyl (C=O) groups excluding carboxylic acids is 1. The highest BCUT2D eigenvalue weighted by molar-refractivity contribution is 6.09. The first-order valence-electron chi connectivity index (χ1n) is 14.6. The molecule has 0 unspecified atom stereocenters. The van der Waals surface area contributed by atoms with Crippen LogP contribution in [0.1, 0.15) is 28.4 Å². The van der Waals surface area contributed by atoms with Gasteiger partial charge in [-0.1, -0.05) is 18.2 Å². The number of aromatic hydroxyl groups is 1. The van der Waals surface area contributed by atoms with Gasteiger partial charge in [-0.3, -0.25) is 38.6 Å². The maximum Gasteiger partial charge on any atom is 0.336 e. The number of carbonyl (C=O) groups is 6. The number of hydrogen-bond donors (Lipinski definition) is 6. The second kappa shape index (κ2) is 15.3. The molecule has 50 heavy (non-hydrogen) atoms. The molecule has 0 amide bonds. The van der Waals surface area contributed by atoms with E-state index in [0.29, 0.717) is 0 Å². The third-order valence-corrected chi connectivity index (χ3v) is 7.28. The van der Waals surface area contributed by atoms with Crippen molar-refractivity contribution in [3.63, 3.8) is 0 Å². The number of fused-ring (bicyclic) bond motifs is 2. The van der Waals surface area contributed by atoms with Crippen LogP contribution in [0.25, 0.3) is 33.4 Å². The van der Waals surface area contributed by atoms with E-state index in [9.17, 15) is 64.2 Å². The summed E-state index contributed by atoms with van der Waals surface area (Å²) < 4.78 is 11.9. The average molecular weight is 695 g/mol. The summed E-state index contributed by atoms with van der Waals surface area (Å²) in [7, 11) is 0. The highest BCUT2D eigenvalue weighted by atomic mass is 16.5. The summed E-state index contributed by atoms with van der Waals surface area (Å²) in [5.41, 5.74) is -1.44. The minimum Gasteiger partial charge on any atom is -0.507 e. The molecule has 1 aliphatic heterocycles. The molecule has 1 heterocycles. The van der Waals surface area contributed by atoms with Gasteiger partial charge in [-0.25, -0.2) is 4.79 Å². The first-order chi connectivity index (χ1) is 23.5. The van der Waals surface area contributed by atoms with Crippen LogP contribution in [0.15, 0.2) is 51.7 Å². The number of Topliss-reactive ketones (excluding diaryl/α,β-unsaturated/α-hetero) is 1. The van der Waals surface area contributed by atoms with Crippen molar-refractivity contribution in [2.24, 2.45) is 0 Å². The molecule has 4 rings (SSSR count). The van der Waals surface area contributed by atoms with Gasteiger partial charge in [0.05, 0.1) is 42.9 Å². The van der Waals surface area contributed by atoms with Crippen LogP contribution in [0.2, 0.25) is 0 Å². The van der Waals surface area contributed by atoms with E-state index >= 15 is 0 Å². The van der Waals surface area contributed by atoms with E-state index in [2.05, 4.69) is 0 Å². The summed E-state index contributed by atoms with van der Waals surface area (Å²) in [6, 6.07) is 9.08. The summed E-state index contributed by atoms with van der Waals surface area (Å²) >= 11 is 0. The smallest absolute Gasteiger partial charge is 0.336 e. The van der Waals surface area contributed by atoms with Crippen LogP contribution < -0.4 is 10.2 Å². The average Bonchev–Trinajstić information content (AvgIpc) is 2.99. The van der Waals surface area contributed by atoms with Crippen LogP contribution in [-0.2, 0) is 37.1 Å². The number of ether oxygens (including phenoxy) is 1. The number of hydrogen-bond acceptors (Lipinski definition) is 12. The van der Waals surface area contributed by atoms with Gasteiger partial charge in [0.2, 0.25) is 0 Å². The Kier molecular flexibility index (Phi) is 11.1. The normalized spacial score (nSPS) is 11.3. The minimum absolute atomic E-state index is 0.00423. The zero-order chi connectivity index (χ0) is 36.9. The Morgan fingerprint density at radius 3 is 1.86 bits per heavy atom. The van der Waals surface area contributed by atoms with Crippen molar-refractivity contribution in [2.45, 2.75) is 20.0 Å². The van der Waals surface area contributed by atoms with E-state index in [4.69, 9.17) is 9.15 Å². The molecule has 0 bridgehead atoms.